The maximum atomic E-state index is 12.8. The van der Waals surface area contributed by atoms with E-state index in [4.69, 9.17) is 14.2 Å². The molecule has 0 saturated carbocycles. The Morgan fingerprint density at radius 1 is 0.344 bits per heavy atom. The van der Waals surface area contributed by atoms with Gasteiger partial charge in [0.05, 0.1) is 0 Å². The molecule has 0 aromatic rings. The minimum atomic E-state index is -0.828. The summed E-state index contributed by atoms with van der Waals surface area (Å²) in [7, 11) is 0. The molecule has 61 heavy (non-hydrogen) atoms. The van der Waals surface area contributed by atoms with Gasteiger partial charge in [-0.2, -0.15) is 0 Å². The summed E-state index contributed by atoms with van der Waals surface area (Å²) >= 11 is 0. The topological polar surface area (TPSA) is 78.9 Å². The zero-order valence-corrected chi connectivity index (χ0v) is 38.6. The normalized spacial score (nSPS) is 13.3. The zero-order valence-electron chi connectivity index (χ0n) is 38.6. The third-order valence-electron chi connectivity index (χ3n) is 9.26. The van der Waals surface area contributed by atoms with Crippen molar-refractivity contribution < 1.29 is 28.6 Å². The van der Waals surface area contributed by atoms with E-state index < -0.39 is 6.10 Å². The van der Waals surface area contributed by atoms with Gasteiger partial charge in [0.15, 0.2) is 6.10 Å². The number of rotatable bonds is 40. The monoisotopic (exact) mass is 841 g/mol. The molecule has 0 fully saturated rings. The van der Waals surface area contributed by atoms with Crippen molar-refractivity contribution in [1.29, 1.82) is 0 Å². The highest BCUT2D eigenvalue weighted by Crippen LogP contribution is 2.12. The van der Waals surface area contributed by atoms with Gasteiger partial charge < -0.3 is 14.2 Å². The molecule has 0 radical (unpaired) electrons. The molecule has 0 aliphatic heterocycles. The van der Waals surface area contributed by atoms with Crippen LogP contribution in [-0.4, -0.2) is 37.2 Å². The third-order valence-corrected chi connectivity index (χ3v) is 9.26. The Morgan fingerprint density at radius 3 is 1.18 bits per heavy atom. The highest BCUT2D eigenvalue weighted by molar-refractivity contribution is 5.71. The lowest BCUT2D eigenvalue weighted by Gasteiger charge is -2.18. The van der Waals surface area contributed by atoms with Crippen LogP contribution in [0.5, 0.6) is 0 Å². The van der Waals surface area contributed by atoms with E-state index in [-0.39, 0.29) is 37.5 Å². The molecule has 0 N–H and O–H groups in total. The molecule has 0 aliphatic carbocycles. The summed E-state index contributed by atoms with van der Waals surface area (Å²) in [6, 6.07) is 0. The van der Waals surface area contributed by atoms with Crippen molar-refractivity contribution >= 4 is 17.9 Å². The van der Waals surface area contributed by atoms with Crippen LogP contribution in [0.3, 0.4) is 0 Å². The Hall–Kier alpha value is -4.45. The Balaban J connectivity index is 4.58. The van der Waals surface area contributed by atoms with Gasteiger partial charge in [-0.15, -0.1) is 0 Å². The average Bonchev–Trinajstić information content (AvgIpc) is 3.26. The fourth-order valence-electron chi connectivity index (χ4n) is 5.79. The Morgan fingerprint density at radius 2 is 0.689 bits per heavy atom. The number of hydrogen-bond donors (Lipinski definition) is 0. The number of ether oxygens (including phenoxy) is 3. The molecule has 0 spiro atoms. The molecule has 0 heterocycles. The number of carbonyl (C=O) groups excluding carboxylic acids is 3. The summed E-state index contributed by atoms with van der Waals surface area (Å²) in [6.07, 6.45) is 67.3. The first kappa shape index (κ1) is 56.5. The molecule has 0 aromatic heterocycles. The summed E-state index contributed by atoms with van der Waals surface area (Å²) in [4.78, 5) is 37.8. The second kappa shape index (κ2) is 48.2. The lowest BCUT2D eigenvalue weighted by atomic mass is 10.1. The SMILES string of the molecule is CC/C=C/C=C/C=C/C=C/C=C/CCCC(=O)OCC(COC(=O)CCCCC/C=C/C/C=C/C/C=C/C/C=C/CC)OC(=O)CCCCCCCCC/C=C/C/C=C/CC. The van der Waals surface area contributed by atoms with Gasteiger partial charge in [0, 0.05) is 19.3 Å². The molecule has 1 atom stereocenters. The highest BCUT2D eigenvalue weighted by atomic mass is 16.6. The summed E-state index contributed by atoms with van der Waals surface area (Å²) in [5.41, 5.74) is 0. The number of allylic oxidation sites excluding steroid dienone is 22. The predicted molar refractivity (Wildman–Crippen MR) is 260 cm³/mol. The van der Waals surface area contributed by atoms with Crippen LogP contribution in [-0.2, 0) is 28.6 Å². The van der Waals surface area contributed by atoms with Crippen molar-refractivity contribution in [1.82, 2.24) is 0 Å². The largest absolute Gasteiger partial charge is 0.462 e. The summed E-state index contributed by atoms with van der Waals surface area (Å²) in [5, 5.41) is 0. The smallest absolute Gasteiger partial charge is 0.306 e. The van der Waals surface area contributed by atoms with E-state index in [0.29, 0.717) is 19.3 Å². The van der Waals surface area contributed by atoms with E-state index in [9.17, 15) is 14.4 Å². The second-order valence-electron chi connectivity index (χ2n) is 15.0. The first-order chi connectivity index (χ1) is 30.0. The molecule has 340 valence electrons. The molecule has 0 aromatic carbocycles. The lowest BCUT2D eigenvalue weighted by molar-refractivity contribution is -0.167. The van der Waals surface area contributed by atoms with Crippen LogP contribution < -0.4 is 0 Å². The van der Waals surface area contributed by atoms with Crippen molar-refractivity contribution in [2.75, 3.05) is 13.2 Å². The van der Waals surface area contributed by atoms with E-state index in [1.807, 2.05) is 54.7 Å². The Labute approximate surface area is 373 Å². The maximum Gasteiger partial charge on any atom is 0.306 e. The molecule has 0 bridgehead atoms. The summed E-state index contributed by atoms with van der Waals surface area (Å²) in [5.74, 6) is -1.05. The van der Waals surface area contributed by atoms with Crippen molar-refractivity contribution in [3.63, 3.8) is 0 Å². The number of esters is 3. The van der Waals surface area contributed by atoms with Crippen LogP contribution in [0.25, 0.3) is 0 Å². The maximum absolute atomic E-state index is 12.8. The first-order valence-corrected chi connectivity index (χ1v) is 23.8. The van der Waals surface area contributed by atoms with Crippen LogP contribution in [0, 0.1) is 0 Å². The van der Waals surface area contributed by atoms with Crippen molar-refractivity contribution in [3.05, 3.63) is 134 Å². The Kier molecular flexibility index (Phi) is 44.7. The molecule has 6 heteroatoms. The predicted octanol–water partition coefficient (Wildman–Crippen LogP) is 15.5. The fourth-order valence-corrected chi connectivity index (χ4v) is 5.79. The molecule has 0 rings (SSSR count). The van der Waals surface area contributed by atoms with Gasteiger partial charge in [-0.3, -0.25) is 14.4 Å². The zero-order chi connectivity index (χ0) is 44.4. The van der Waals surface area contributed by atoms with E-state index >= 15 is 0 Å². The minimum absolute atomic E-state index is 0.126. The van der Waals surface area contributed by atoms with Crippen molar-refractivity contribution in [2.24, 2.45) is 0 Å². The fraction of sp³-hybridized carbons (Fsp3) is 0.545. The van der Waals surface area contributed by atoms with Crippen LogP contribution in [0.15, 0.2) is 134 Å². The quantitative estimate of drug-likeness (QED) is 0.0201. The molecule has 0 saturated heterocycles. The van der Waals surface area contributed by atoms with Crippen molar-refractivity contribution in [3.8, 4) is 0 Å². The van der Waals surface area contributed by atoms with Crippen LogP contribution >= 0.6 is 0 Å². The van der Waals surface area contributed by atoms with Gasteiger partial charge >= 0.3 is 17.9 Å². The lowest BCUT2D eigenvalue weighted by Crippen LogP contribution is -2.30. The van der Waals surface area contributed by atoms with E-state index in [2.05, 4.69) is 99.8 Å². The number of carbonyl (C=O) groups is 3. The molecule has 1 unspecified atom stereocenters. The average molecular weight is 841 g/mol. The molecular formula is C55H84O6. The summed E-state index contributed by atoms with van der Waals surface area (Å²) in [6.45, 7) is 6.14. The van der Waals surface area contributed by atoms with Gasteiger partial charge in [0.1, 0.15) is 13.2 Å². The van der Waals surface area contributed by atoms with Gasteiger partial charge in [-0.05, 0) is 96.3 Å². The van der Waals surface area contributed by atoms with Gasteiger partial charge in [0.2, 0.25) is 0 Å². The Bertz CT molecular complexity index is 1380. The van der Waals surface area contributed by atoms with E-state index in [0.717, 1.165) is 109 Å². The first-order valence-electron chi connectivity index (χ1n) is 23.8. The van der Waals surface area contributed by atoms with Crippen LogP contribution in [0.1, 0.15) is 175 Å². The van der Waals surface area contributed by atoms with Crippen molar-refractivity contribution in [2.45, 2.75) is 181 Å². The molecule has 0 amide bonds. The third kappa shape index (κ3) is 46.5. The van der Waals surface area contributed by atoms with Crippen LogP contribution in [0.4, 0.5) is 0 Å². The summed E-state index contributed by atoms with van der Waals surface area (Å²) < 4.78 is 16.6. The second-order valence-corrected chi connectivity index (χ2v) is 15.0. The molecule has 6 nitrogen and oxygen atoms in total. The van der Waals surface area contributed by atoms with E-state index in [1.54, 1.807) is 0 Å². The van der Waals surface area contributed by atoms with Gasteiger partial charge in [0.25, 0.3) is 0 Å². The minimum Gasteiger partial charge on any atom is -0.462 e. The number of unbranched alkanes of at least 4 members (excludes halogenated alkanes) is 11. The standard InChI is InChI=1S/C55H84O6/c1-4-7-10-13-16-19-22-25-27-28-31-33-36-39-42-45-48-54(57)60-51-52(50-59-53(56)47-44-41-38-35-32-29-24-21-18-15-12-9-6-3)61-55(58)49-46-43-40-37-34-30-26-23-20-17-14-11-8-5-2/h7-12,15-21,24-25,27,29,31-33,35,38,52H,4-6,13-14,22-23,26,28,30,34,36-37,39-51H2,1-3H3/b10-7+,11-8+,12-9+,18-15+,19-16+,20-17+,24-21+,27-25+,32-29+,33-31+,38-35+. The number of hydrogen-bond acceptors (Lipinski definition) is 6. The van der Waals surface area contributed by atoms with Gasteiger partial charge in [-0.1, -0.05) is 193 Å². The van der Waals surface area contributed by atoms with Crippen LogP contribution in [0.2, 0.25) is 0 Å². The highest BCUT2D eigenvalue weighted by Gasteiger charge is 2.19. The molecule has 0 aliphatic rings. The van der Waals surface area contributed by atoms with E-state index in [1.165, 1.54) is 19.3 Å². The molecular weight excluding hydrogens is 757 g/mol. The van der Waals surface area contributed by atoms with Gasteiger partial charge in [-0.25, -0.2) is 0 Å².